The number of hydrogen-bond acceptors (Lipinski definition) is 8. The van der Waals surface area contributed by atoms with Gasteiger partial charge in [0.25, 0.3) is 0 Å². The van der Waals surface area contributed by atoms with Crippen LogP contribution in [0.15, 0.2) is 35.5 Å². The van der Waals surface area contributed by atoms with Crippen molar-refractivity contribution in [2.75, 3.05) is 54.4 Å². The van der Waals surface area contributed by atoms with E-state index in [0.29, 0.717) is 37.8 Å². The van der Waals surface area contributed by atoms with Crippen molar-refractivity contribution in [2.24, 2.45) is 4.99 Å². The number of ether oxygens (including phenoxy) is 1. The van der Waals surface area contributed by atoms with E-state index in [0.717, 1.165) is 36.0 Å². The normalized spacial score (nSPS) is 17.3. The molecule has 1 saturated heterocycles. The van der Waals surface area contributed by atoms with Crippen molar-refractivity contribution in [3.63, 3.8) is 0 Å². The Morgan fingerprint density at radius 1 is 1.12 bits per heavy atom. The molecule has 3 aliphatic heterocycles. The van der Waals surface area contributed by atoms with Gasteiger partial charge in [-0.05, 0) is 51.1 Å². The van der Waals surface area contributed by atoms with Crippen LogP contribution in [0.3, 0.4) is 0 Å². The zero-order valence-corrected chi connectivity index (χ0v) is 19.6. The van der Waals surface area contributed by atoms with E-state index in [2.05, 4.69) is 25.2 Å². The highest BCUT2D eigenvalue weighted by atomic mass is 19.1. The first-order valence-corrected chi connectivity index (χ1v) is 11.4. The maximum Gasteiger partial charge on any atom is 0.410 e. The van der Waals surface area contributed by atoms with Crippen molar-refractivity contribution >= 4 is 41.1 Å². The molecule has 0 radical (unpaired) electrons. The number of halogens is 1. The van der Waals surface area contributed by atoms with Crippen LogP contribution in [0.4, 0.5) is 32.3 Å². The molecule has 1 N–H and O–H groups in total. The molecule has 1 aromatic heterocycles. The molecular weight excluding hydrogens is 437 g/mol. The number of piperazine rings is 1. The highest BCUT2D eigenvalue weighted by molar-refractivity contribution is 6.12. The number of nitrogens with zero attached hydrogens (tertiary/aromatic N) is 6. The van der Waals surface area contributed by atoms with Crippen LogP contribution in [0, 0.1) is 5.82 Å². The Hall–Kier alpha value is -3.69. The predicted octanol–water partition coefficient (Wildman–Crippen LogP) is 3.66. The lowest BCUT2D eigenvalue weighted by molar-refractivity contribution is 0.0240. The summed E-state index contributed by atoms with van der Waals surface area (Å²) in [6, 6.07) is 5.05. The Balaban J connectivity index is 1.24. The fraction of sp³-hybridized carbons (Fsp3) is 0.417. The van der Waals surface area contributed by atoms with E-state index < -0.39 is 11.4 Å². The summed E-state index contributed by atoms with van der Waals surface area (Å²) in [7, 11) is 0. The van der Waals surface area contributed by atoms with Crippen LogP contribution in [0.5, 0.6) is 0 Å². The molecule has 1 fully saturated rings. The molecule has 0 saturated carbocycles. The second-order valence-corrected chi connectivity index (χ2v) is 9.44. The van der Waals surface area contributed by atoms with Gasteiger partial charge in [0.1, 0.15) is 23.1 Å². The van der Waals surface area contributed by atoms with Gasteiger partial charge in [0.05, 0.1) is 12.2 Å². The largest absolute Gasteiger partial charge is 0.444 e. The van der Waals surface area contributed by atoms with Gasteiger partial charge in [0, 0.05) is 50.2 Å². The first-order valence-electron chi connectivity index (χ1n) is 11.4. The molecule has 2 aromatic rings. The minimum Gasteiger partial charge on any atom is -0.444 e. The summed E-state index contributed by atoms with van der Waals surface area (Å²) in [6.45, 7) is 9.31. The number of aliphatic imine (C=N–C) groups is 1. The van der Waals surface area contributed by atoms with Crippen LogP contribution in [-0.4, -0.2) is 71.7 Å². The van der Waals surface area contributed by atoms with Crippen LogP contribution in [0.25, 0.3) is 6.08 Å². The molecular formula is C24H28FN7O2. The maximum atomic E-state index is 15.0. The van der Waals surface area contributed by atoms with Crippen molar-refractivity contribution in [1.29, 1.82) is 0 Å². The van der Waals surface area contributed by atoms with Crippen LogP contribution in [0.2, 0.25) is 0 Å². The van der Waals surface area contributed by atoms with Gasteiger partial charge < -0.3 is 24.8 Å². The minimum atomic E-state index is -0.525. The van der Waals surface area contributed by atoms with E-state index in [1.54, 1.807) is 17.2 Å². The zero-order valence-electron chi connectivity index (χ0n) is 19.6. The molecule has 0 atom stereocenters. The molecule has 9 nitrogen and oxygen atoms in total. The Kier molecular flexibility index (Phi) is 5.59. The zero-order chi connectivity index (χ0) is 23.9. The van der Waals surface area contributed by atoms with Crippen molar-refractivity contribution < 1.29 is 13.9 Å². The summed E-state index contributed by atoms with van der Waals surface area (Å²) < 4.78 is 20.4. The molecule has 0 aliphatic carbocycles. The summed E-state index contributed by atoms with van der Waals surface area (Å²) in [5, 5.41) is 3.00. The number of benzene rings is 1. The van der Waals surface area contributed by atoms with Crippen molar-refractivity contribution in [2.45, 2.75) is 26.4 Å². The smallest absolute Gasteiger partial charge is 0.410 e. The third-order valence-corrected chi connectivity index (χ3v) is 5.83. The second-order valence-electron chi connectivity index (χ2n) is 9.44. The SMILES string of the molecule is CC(C)(C)OC(=O)N1CCN(c2ccc(Nc3ncc4c(n3)N3CCN=C3C=C4)c(F)c2)CC1. The number of amidine groups is 1. The lowest BCUT2D eigenvalue weighted by atomic mass is 10.2. The number of carbonyl (C=O) groups excluding carboxylic acids is 1. The third-order valence-electron chi connectivity index (χ3n) is 5.83. The van der Waals surface area contributed by atoms with E-state index in [-0.39, 0.29) is 6.09 Å². The molecule has 4 heterocycles. The summed E-state index contributed by atoms with van der Waals surface area (Å²) in [4.78, 5) is 31.4. The van der Waals surface area contributed by atoms with Gasteiger partial charge in [-0.3, -0.25) is 4.99 Å². The summed E-state index contributed by atoms with van der Waals surface area (Å²) >= 11 is 0. The minimum absolute atomic E-state index is 0.303. The second kappa shape index (κ2) is 8.58. The Bertz CT molecular complexity index is 1170. The van der Waals surface area contributed by atoms with Gasteiger partial charge in [-0.2, -0.15) is 4.98 Å². The highest BCUT2D eigenvalue weighted by Gasteiger charge is 2.27. The monoisotopic (exact) mass is 465 g/mol. The number of carbonyl (C=O) groups is 1. The number of aromatic nitrogens is 2. The molecule has 178 valence electrons. The number of hydrogen-bond donors (Lipinski definition) is 1. The van der Waals surface area contributed by atoms with Crippen LogP contribution >= 0.6 is 0 Å². The molecule has 1 aromatic carbocycles. The molecule has 1 amide bonds. The predicted molar refractivity (Wildman–Crippen MR) is 130 cm³/mol. The number of rotatable bonds is 3. The van der Waals surface area contributed by atoms with Gasteiger partial charge >= 0.3 is 6.09 Å². The number of fused-ring (bicyclic) bond motifs is 3. The summed E-state index contributed by atoms with van der Waals surface area (Å²) in [6.07, 6.45) is 5.31. The Morgan fingerprint density at radius 2 is 1.91 bits per heavy atom. The van der Waals surface area contributed by atoms with Gasteiger partial charge in [-0.15, -0.1) is 0 Å². The van der Waals surface area contributed by atoms with Crippen LogP contribution in [-0.2, 0) is 4.74 Å². The molecule has 0 bridgehead atoms. The summed E-state index contributed by atoms with van der Waals surface area (Å²) in [5.74, 6) is 1.60. The van der Waals surface area contributed by atoms with Crippen molar-refractivity contribution in [3.8, 4) is 0 Å². The fourth-order valence-electron chi connectivity index (χ4n) is 4.16. The molecule has 5 rings (SSSR count). The van der Waals surface area contributed by atoms with Crippen LogP contribution in [0.1, 0.15) is 26.3 Å². The van der Waals surface area contributed by atoms with Crippen molar-refractivity contribution in [3.05, 3.63) is 41.9 Å². The first kappa shape index (κ1) is 22.1. The molecule has 10 heteroatoms. The van der Waals surface area contributed by atoms with Crippen molar-refractivity contribution in [1.82, 2.24) is 14.9 Å². The average molecular weight is 466 g/mol. The van der Waals surface area contributed by atoms with E-state index >= 15 is 0 Å². The standard InChI is InChI=1S/C24H28FN7O2/c1-24(2,3)34-23(33)31-12-10-30(11-13-31)17-5-6-19(18(25)14-17)28-22-27-15-16-4-7-20-26-8-9-32(20)21(16)29-22/h4-7,14-15H,8-13H2,1-3H3,(H,27,28,29). The molecule has 0 spiro atoms. The quantitative estimate of drug-likeness (QED) is 0.740. The van der Waals surface area contributed by atoms with E-state index in [1.807, 2.05) is 43.9 Å². The van der Waals surface area contributed by atoms with E-state index in [1.165, 1.54) is 6.07 Å². The third kappa shape index (κ3) is 4.52. The number of anilines is 4. The Labute approximate surface area is 197 Å². The number of nitrogens with one attached hydrogen (secondary N) is 1. The van der Waals surface area contributed by atoms with Crippen LogP contribution < -0.4 is 15.1 Å². The Morgan fingerprint density at radius 3 is 2.65 bits per heavy atom. The van der Waals surface area contributed by atoms with Gasteiger partial charge in [0.2, 0.25) is 5.95 Å². The lowest BCUT2D eigenvalue weighted by Gasteiger charge is -2.36. The molecule has 34 heavy (non-hydrogen) atoms. The fourth-order valence-corrected chi connectivity index (χ4v) is 4.16. The van der Waals surface area contributed by atoms with Gasteiger partial charge in [-0.25, -0.2) is 14.2 Å². The first-order chi connectivity index (χ1) is 16.3. The lowest BCUT2D eigenvalue weighted by Crippen LogP contribution is -2.50. The molecule has 0 unspecified atom stereocenters. The van der Waals surface area contributed by atoms with Gasteiger partial charge in [-0.1, -0.05) is 0 Å². The molecule has 3 aliphatic rings. The number of amides is 1. The summed E-state index contributed by atoms with van der Waals surface area (Å²) in [5.41, 5.74) is 1.45. The van der Waals surface area contributed by atoms with E-state index in [4.69, 9.17) is 4.74 Å². The maximum absolute atomic E-state index is 15.0. The topological polar surface area (TPSA) is 86.2 Å². The highest BCUT2D eigenvalue weighted by Crippen LogP contribution is 2.29. The van der Waals surface area contributed by atoms with Gasteiger partial charge in [0.15, 0.2) is 0 Å². The average Bonchev–Trinajstić information content (AvgIpc) is 3.29. The van der Waals surface area contributed by atoms with E-state index in [9.17, 15) is 9.18 Å².